The Balaban J connectivity index is 2.03. The quantitative estimate of drug-likeness (QED) is 0.862. The van der Waals surface area contributed by atoms with Gasteiger partial charge in [-0.25, -0.2) is 0 Å². The molecule has 0 fully saturated rings. The van der Waals surface area contributed by atoms with Crippen LogP contribution in [-0.2, 0) is 0 Å². The molecule has 110 valence electrons. The van der Waals surface area contributed by atoms with Crippen molar-refractivity contribution in [2.45, 2.75) is 13.0 Å². The van der Waals surface area contributed by atoms with Crippen molar-refractivity contribution < 1.29 is 9.47 Å². The Morgan fingerprint density at radius 1 is 1.10 bits per heavy atom. The highest BCUT2D eigenvalue weighted by Crippen LogP contribution is 2.39. The third-order valence-electron chi connectivity index (χ3n) is 3.56. The Hall–Kier alpha value is -1.23. The number of hydrogen-bond donors (Lipinski definition) is 1. The van der Waals surface area contributed by atoms with Gasteiger partial charge in [0, 0.05) is 15.6 Å². The van der Waals surface area contributed by atoms with Crippen LogP contribution in [0, 0.1) is 6.92 Å². The largest absolute Gasteiger partial charge is 0.486 e. The average Bonchev–Trinajstić information content (AvgIpc) is 2.46. The van der Waals surface area contributed by atoms with Crippen molar-refractivity contribution in [3.8, 4) is 11.5 Å². The SMILES string of the molecule is Cc1cc(Br)ccc1C(N)c1cc2c(cc1Cl)OCCO2. The number of hydrogen-bond acceptors (Lipinski definition) is 3. The van der Waals surface area contributed by atoms with E-state index in [1.54, 1.807) is 6.07 Å². The van der Waals surface area contributed by atoms with Gasteiger partial charge in [0.15, 0.2) is 11.5 Å². The Labute approximate surface area is 137 Å². The third kappa shape index (κ3) is 2.89. The summed E-state index contributed by atoms with van der Waals surface area (Å²) in [4.78, 5) is 0. The van der Waals surface area contributed by atoms with E-state index in [-0.39, 0.29) is 6.04 Å². The van der Waals surface area contributed by atoms with Gasteiger partial charge in [0.2, 0.25) is 0 Å². The summed E-state index contributed by atoms with van der Waals surface area (Å²) < 4.78 is 12.2. The van der Waals surface area contributed by atoms with Crippen molar-refractivity contribution >= 4 is 27.5 Å². The Morgan fingerprint density at radius 2 is 1.76 bits per heavy atom. The fourth-order valence-corrected chi connectivity index (χ4v) is 3.22. The molecule has 21 heavy (non-hydrogen) atoms. The van der Waals surface area contributed by atoms with Crippen LogP contribution in [0.25, 0.3) is 0 Å². The standard InChI is InChI=1S/C16H15BrClNO2/c1-9-6-10(17)2-3-11(9)16(19)12-7-14-15(8-13(12)18)21-5-4-20-14/h2-3,6-8,16H,4-5,19H2,1H3. The van der Waals surface area contributed by atoms with E-state index in [1.165, 1.54) is 0 Å². The predicted octanol–water partition coefficient (Wildman–Crippen LogP) is 4.23. The highest BCUT2D eigenvalue weighted by molar-refractivity contribution is 9.10. The van der Waals surface area contributed by atoms with Crippen molar-refractivity contribution in [1.29, 1.82) is 0 Å². The summed E-state index contributed by atoms with van der Waals surface area (Å²) in [6.07, 6.45) is 0. The van der Waals surface area contributed by atoms with E-state index >= 15 is 0 Å². The van der Waals surface area contributed by atoms with Gasteiger partial charge in [-0.1, -0.05) is 33.6 Å². The van der Waals surface area contributed by atoms with Gasteiger partial charge >= 0.3 is 0 Å². The molecule has 2 aromatic rings. The molecule has 1 aliphatic rings. The van der Waals surface area contributed by atoms with E-state index in [1.807, 2.05) is 31.2 Å². The number of ether oxygens (including phenoxy) is 2. The minimum atomic E-state index is -0.304. The summed E-state index contributed by atoms with van der Waals surface area (Å²) in [6.45, 7) is 3.12. The molecule has 0 amide bonds. The number of halogens is 2. The van der Waals surface area contributed by atoms with Crippen molar-refractivity contribution in [2.24, 2.45) is 5.73 Å². The van der Waals surface area contributed by atoms with Gasteiger partial charge in [0.25, 0.3) is 0 Å². The van der Waals surface area contributed by atoms with Gasteiger partial charge in [0.05, 0.1) is 6.04 Å². The molecule has 1 unspecified atom stereocenters. The maximum Gasteiger partial charge on any atom is 0.162 e. The lowest BCUT2D eigenvalue weighted by molar-refractivity contribution is 0.171. The molecule has 0 aliphatic carbocycles. The lowest BCUT2D eigenvalue weighted by atomic mass is 9.95. The number of aryl methyl sites for hydroxylation is 1. The van der Waals surface area contributed by atoms with Crippen molar-refractivity contribution in [3.05, 3.63) is 56.5 Å². The zero-order valence-electron chi connectivity index (χ0n) is 11.5. The maximum atomic E-state index is 6.41. The van der Waals surface area contributed by atoms with E-state index in [0.717, 1.165) is 21.2 Å². The van der Waals surface area contributed by atoms with E-state index in [0.29, 0.717) is 29.7 Å². The summed E-state index contributed by atoms with van der Waals surface area (Å²) in [7, 11) is 0. The predicted molar refractivity (Wildman–Crippen MR) is 87.4 cm³/mol. The molecule has 0 radical (unpaired) electrons. The maximum absolute atomic E-state index is 6.41. The molecular weight excluding hydrogens is 354 g/mol. The van der Waals surface area contributed by atoms with Crippen molar-refractivity contribution in [3.63, 3.8) is 0 Å². The molecule has 3 nitrogen and oxygen atoms in total. The monoisotopic (exact) mass is 367 g/mol. The Kier molecular flexibility index (Phi) is 4.11. The van der Waals surface area contributed by atoms with E-state index in [2.05, 4.69) is 15.9 Å². The Morgan fingerprint density at radius 3 is 2.43 bits per heavy atom. The average molecular weight is 369 g/mol. The minimum Gasteiger partial charge on any atom is -0.486 e. The van der Waals surface area contributed by atoms with Crippen LogP contribution in [0.1, 0.15) is 22.7 Å². The fraction of sp³-hybridized carbons (Fsp3) is 0.250. The smallest absolute Gasteiger partial charge is 0.162 e. The van der Waals surface area contributed by atoms with E-state index in [9.17, 15) is 0 Å². The van der Waals surface area contributed by atoms with Crippen LogP contribution in [-0.4, -0.2) is 13.2 Å². The lowest BCUT2D eigenvalue weighted by Crippen LogP contribution is -2.18. The molecule has 2 aromatic carbocycles. The highest BCUT2D eigenvalue weighted by atomic mass is 79.9. The van der Waals surface area contributed by atoms with E-state index in [4.69, 9.17) is 26.8 Å². The molecule has 3 rings (SSSR count). The van der Waals surface area contributed by atoms with Crippen LogP contribution >= 0.6 is 27.5 Å². The van der Waals surface area contributed by atoms with Crippen LogP contribution in [0.4, 0.5) is 0 Å². The van der Waals surface area contributed by atoms with Crippen LogP contribution in [0.15, 0.2) is 34.8 Å². The lowest BCUT2D eigenvalue weighted by Gasteiger charge is -2.22. The van der Waals surface area contributed by atoms with Crippen LogP contribution in [0.2, 0.25) is 5.02 Å². The summed E-state index contributed by atoms with van der Waals surface area (Å²) in [6, 6.07) is 9.39. The minimum absolute atomic E-state index is 0.304. The first-order valence-electron chi connectivity index (χ1n) is 6.67. The second kappa shape index (κ2) is 5.87. The molecule has 0 aromatic heterocycles. The molecule has 0 bridgehead atoms. The topological polar surface area (TPSA) is 44.5 Å². The molecule has 0 spiro atoms. The van der Waals surface area contributed by atoms with Gasteiger partial charge < -0.3 is 15.2 Å². The molecular formula is C16H15BrClNO2. The zero-order chi connectivity index (χ0) is 15.0. The summed E-state index contributed by atoms with van der Waals surface area (Å²) in [5.74, 6) is 1.38. The molecule has 2 N–H and O–H groups in total. The molecule has 5 heteroatoms. The number of nitrogens with two attached hydrogens (primary N) is 1. The summed E-state index contributed by atoms with van der Waals surface area (Å²) >= 11 is 9.83. The first-order chi connectivity index (χ1) is 10.1. The van der Waals surface area contributed by atoms with Gasteiger partial charge in [-0.05, 0) is 41.8 Å². The molecule has 1 atom stereocenters. The third-order valence-corrected chi connectivity index (χ3v) is 4.38. The van der Waals surface area contributed by atoms with Gasteiger partial charge in [-0.15, -0.1) is 0 Å². The first kappa shape index (κ1) is 14.7. The van der Waals surface area contributed by atoms with Crippen LogP contribution in [0.5, 0.6) is 11.5 Å². The highest BCUT2D eigenvalue weighted by Gasteiger charge is 2.20. The van der Waals surface area contributed by atoms with Crippen LogP contribution in [0.3, 0.4) is 0 Å². The zero-order valence-corrected chi connectivity index (χ0v) is 13.9. The van der Waals surface area contributed by atoms with Crippen LogP contribution < -0.4 is 15.2 Å². The first-order valence-corrected chi connectivity index (χ1v) is 7.84. The normalized spacial score (nSPS) is 14.9. The van der Waals surface area contributed by atoms with Crippen molar-refractivity contribution in [1.82, 2.24) is 0 Å². The number of fused-ring (bicyclic) bond motifs is 1. The number of rotatable bonds is 2. The van der Waals surface area contributed by atoms with Gasteiger partial charge in [-0.3, -0.25) is 0 Å². The number of benzene rings is 2. The molecule has 0 saturated heterocycles. The van der Waals surface area contributed by atoms with Gasteiger partial charge in [-0.2, -0.15) is 0 Å². The second-order valence-electron chi connectivity index (χ2n) is 5.00. The molecule has 0 saturated carbocycles. The Bertz CT molecular complexity index is 690. The second-order valence-corrected chi connectivity index (χ2v) is 6.32. The van der Waals surface area contributed by atoms with Crippen molar-refractivity contribution in [2.75, 3.05) is 13.2 Å². The molecule has 1 heterocycles. The summed E-state index contributed by atoms with van der Waals surface area (Å²) in [5.41, 5.74) is 9.40. The molecule has 1 aliphatic heterocycles. The summed E-state index contributed by atoms with van der Waals surface area (Å²) in [5, 5.41) is 0.592. The fourth-order valence-electron chi connectivity index (χ4n) is 2.47. The van der Waals surface area contributed by atoms with E-state index < -0.39 is 0 Å². The van der Waals surface area contributed by atoms with Gasteiger partial charge in [0.1, 0.15) is 13.2 Å².